The molecule has 0 atom stereocenters. The molecule has 0 radical (unpaired) electrons. The van der Waals surface area contributed by atoms with Crippen LogP contribution in [0.4, 0.5) is 0 Å². The fraction of sp³-hybridized carbons (Fsp3) is 0.588. The maximum absolute atomic E-state index is 7.15. The fourth-order valence-electron chi connectivity index (χ4n) is 16.6. The second-order valence-corrected chi connectivity index (χ2v) is 33.3. The van der Waals surface area contributed by atoms with Gasteiger partial charge >= 0.3 is 0 Å². The number of nitrogens with one attached hydrogen (secondary N) is 2. The lowest BCUT2D eigenvalue weighted by Crippen LogP contribution is -2.02. The Kier molecular flexibility index (Phi) is 39.5. The first-order valence-electron chi connectivity index (χ1n) is 47.6. The number of hydrogen-bond acceptors (Lipinski definition) is 14. The number of benzene rings is 5. The molecule has 0 saturated heterocycles. The molecule has 0 fully saturated rings. The molecule has 2 aliphatic rings. The van der Waals surface area contributed by atoms with Crippen LogP contribution in [0.3, 0.4) is 0 Å². The third-order valence-electron chi connectivity index (χ3n) is 23.5. The summed E-state index contributed by atoms with van der Waals surface area (Å²) in [6, 6.07) is 33.0. The summed E-state index contributed by atoms with van der Waals surface area (Å²) in [4.78, 5) is 53.7. The van der Waals surface area contributed by atoms with Gasteiger partial charge in [0, 0.05) is 11.1 Å². The quantitative estimate of drug-likeness (QED) is 0.0342. The molecule has 0 spiro atoms. The number of fused-ring (bicyclic) bond motifs is 20. The second-order valence-electron chi connectivity index (χ2n) is 33.3. The van der Waals surface area contributed by atoms with E-state index in [1.807, 2.05) is 36.4 Å². The van der Waals surface area contributed by atoms with E-state index in [9.17, 15) is 0 Å². The number of nitrogens with zero attached hydrogens (tertiary/aromatic N) is 8. The van der Waals surface area contributed by atoms with E-state index < -0.39 is 0 Å². The van der Waals surface area contributed by atoms with Gasteiger partial charge in [-0.2, -0.15) is 0 Å². The number of hydrogen-bond donors (Lipinski definition) is 2. The molecule has 11 rings (SSSR count). The molecule has 9 aromatic rings. The van der Waals surface area contributed by atoms with Crippen molar-refractivity contribution < 1.29 is 28.4 Å². The predicted octanol–water partition coefficient (Wildman–Crippen LogP) is 30.1. The molecule has 8 bridgehead atoms. The molecule has 0 amide bonds. The molecule has 638 valence electrons. The van der Waals surface area contributed by atoms with Gasteiger partial charge in [0.25, 0.3) is 0 Å². The zero-order valence-corrected chi connectivity index (χ0v) is 73.4. The first-order chi connectivity index (χ1) is 58.4. The van der Waals surface area contributed by atoms with Crippen molar-refractivity contribution in [2.24, 2.45) is 0 Å². The molecule has 6 heterocycles. The Bertz CT molecular complexity index is 4300. The largest absolute Gasteiger partial charge is 0.493 e. The van der Waals surface area contributed by atoms with E-state index >= 15 is 0 Å². The molecule has 2 N–H and O–H groups in total. The molecule has 16 nitrogen and oxygen atoms in total. The lowest BCUT2D eigenvalue weighted by molar-refractivity contribution is 0.298. The Morgan fingerprint density at radius 2 is 0.407 bits per heavy atom. The molecule has 0 aliphatic carbocycles. The van der Waals surface area contributed by atoms with Crippen LogP contribution in [0, 0.1) is 0 Å². The molecular formula is C102H144N10O6. The van der Waals surface area contributed by atoms with Crippen LogP contribution in [-0.2, 0) is 0 Å². The van der Waals surface area contributed by atoms with E-state index in [1.165, 1.54) is 205 Å². The fourth-order valence-corrected chi connectivity index (χ4v) is 16.6. The molecule has 0 saturated carbocycles. The van der Waals surface area contributed by atoms with E-state index in [1.54, 1.807) is 0 Å². The van der Waals surface area contributed by atoms with Crippen molar-refractivity contribution in [3.05, 3.63) is 97.1 Å². The molecule has 4 aromatic heterocycles. The predicted molar refractivity (Wildman–Crippen MR) is 491 cm³/mol. The standard InChI is InChI=1S/C102H144N10O6/c1-7-13-19-25-31-37-43-55-71-113-79-65-66-80(114-72-56-44-38-32-26-20-14-8-2)86-85(79)95-105-96(86)107-98-88-82(116-74-58-46-40-34-28-22-16-10-4)68-70-84(118-76-60-48-42-36-30-24-18-12-6)90(88)100(109-98)111-102-94-93(103-91(77-61-51-49-52-62-77)92(104-94)78-63-53-50-54-64-78)101(112-102)110-99-89-83(117-75-59-47-41-35-29-23-17-11-5)69-67-81(87(89)97(106-95)108-99)115-73-57-45-39-33-27-21-15-9-3/h49-54,61-70H,7-48,55-60,71-76H2,1-6H3,(H2,105,106,107,108,109,110,111,112). The molecule has 16 heteroatoms. The van der Waals surface area contributed by atoms with Gasteiger partial charge in [0.1, 0.15) is 56.8 Å². The molecule has 118 heavy (non-hydrogen) atoms. The van der Waals surface area contributed by atoms with Crippen molar-refractivity contribution in [2.75, 3.05) is 39.6 Å². The molecule has 2 aliphatic heterocycles. The van der Waals surface area contributed by atoms with Crippen molar-refractivity contribution in [1.82, 2.24) is 49.8 Å². The smallest absolute Gasteiger partial charge is 0.168 e. The van der Waals surface area contributed by atoms with E-state index in [0.717, 1.165) is 125 Å². The number of unbranched alkanes of at least 4 members (excludes halogenated alkanes) is 42. The first-order valence-corrected chi connectivity index (χ1v) is 47.6. The molecular weight excluding hydrogens is 1460 g/mol. The summed E-state index contributed by atoms with van der Waals surface area (Å²) in [5.41, 5.74) is 8.73. The monoisotopic (exact) mass is 1610 g/mol. The minimum Gasteiger partial charge on any atom is -0.493 e. The number of H-pyrrole nitrogens is 2. The Labute approximate surface area is 707 Å². The van der Waals surface area contributed by atoms with E-state index in [4.69, 9.17) is 68.3 Å². The second kappa shape index (κ2) is 51.7. The highest BCUT2D eigenvalue weighted by molar-refractivity contribution is 6.12. The Hall–Kier alpha value is -8.66. The van der Waals surface area contributed by atoms with Gasteiger partial charge in [-0.25, -0.2) is 39.9 Å². The summed E-state index contributed by atoms with van der Waals surface area (Å²) in [7, 11) is 0. The first kappa shape index (κ1) is 90.1. The zero-order valence-electron chi connectivity index (χ0n) is 73.4. The molecule has 0 unspecified atom stereocenters. The zero-order chi connectivity index (χ0) is 81.8. The summed E-state index contributed by atoms with van der Waals surface area (Å²) in [5, 5.41) is 1.46. The van der Waals surface area contributed by atoms with Crippen molar-refractivity contribution in [1.29, 1.82) is 0 Å². The van der Waals surface area contributed by atoms with Crippen molar-refractivity contribution in [3.8, 4) is 103 Å². The van der Waals surface area contributed by atoms with Gasteiger partial charge in [0.2, 0.25) is 0 Å². The van der Waals surface area contributed by atoms with Gasteiger partial charge < -0.3 is 38.4 Å². The summed E-state index contributed by atoms with van der Waals surface area (Å²) < 4.78 is 42.7. The van der Waals surface area contributed by atoms with E-state index in [0.29, 0.717) is 165 Å². The maximum Gasteiger partial charge on any atom is 0.168 e. The van der Waals surface area contributed by atoms with Crippen LogP contribution in [0.5, 0.6) is 34.5 Å². The van der Waals surface area contributed by atoms with Crippen molar-refractivity contribution in [2.45, 2.75) is 350 Å². The van der Waals surface area contributed by atoms with Gasteiger partial charge in [0.05, 0.1) is 84.1 Å². The number of aromatic nitrogens is 10. The van der Waals surface area contributed by atoms with Gasteiger partial charge in [-0.3, -0.25) is 0 Å². The van der Waals surface area contributed by atoms with E-state index in [-0.39, 0.29) is 0 Å². The number of aromatic amines is 2. The summed E-state index contributed by atoms with van der Waals surface area (Å²) in [5.74, 6) is 5.48. The molecule has 5 aromatic carbocycles. The van der Waals surface area contributed by atoms with Gasteiger partial charge in [-0.15, -0.1) is 0 Å². The lowest BCUT2D eigenvalue weighted by atomic mass is 10.0. The highest BCUT2D eigenvalue weighted by Crippen LogP contribution is 2.50. The Morgan fingerprint density at radius 3 is 0.653 bits per heavy atom. The SMILES string of the molecule is CCCCCCCCCCOc1ccc(OCCCCCCCCCC)c2c1-c1nc-2nc2[nH]c(nc3nc(nc4[nH]c(n1)c1nc(-c5ccccc5)c(-c5ccccc5)nc41)-c1c(OCCCCCCCCCC)ccc(OCCCCCCCCCC)c1-3)c1c(OCCCCCCCCCC)ccc(OCCCCCCCCCC)c21. The third kappa shape index (κ3) is 26.9. The van der Waals surface area contributed by atoms with Gasteiger partial charge in [0.15, 0.2) is 34.6 Å². The van der Waals surface area contributed by atoms with Crippen LogP contribution in [0.1, 0.15) is 350 Å². The lowest BCUT2D eigenvalue weighted by Gasteiger charge is -2.15. The number of ether oxygens (including phenoxy) is 6. The Balaban J connectivity index is 1.17. The normalized spacial score (nSPS) is 11.8. The van der Waals surface area contributed by atoms with Crippen LogP contribution in [0.25, 0.3) is 112 Å². The van der Waals surface area contributed by atoms with Crippen molar-refractivity contribution >= 4 is 44.4 Å². The maximum atomic E-state index is 7.15. The van der Waals surface area contributed by atoms with Crippen LogP contribution in [0.15, 0.2) is 97.1 Å². The Morgan fingerprint density at radius 1 is 0.203 bits per heavy atom. The highest BCUT2D eigenvalue weighted by atomic mass is 16.5. The summed E-state index contributed by atoms with van der Waals surface area (Å²) in [6.45, 7) is 16.8. The average Bonchev–Trinajstić information content (AvgIpc) is 1.57. The van der Waals surface area contributed by atoms with Crippen LogP contribution in [-0.4, -0.2) is 89.5 Å². The van der Waals surface area contributed by atoms with Crippen molar-refractivity contribution in [3.63, 3.8) is 0 Å². The van der Waals surface area contributed by atoms with Crippen LogP contribution < -0.4 is 28.4 Å². The van der Waals surface area contributed by atoms with Crippen LogP contribution >= 0.6 is 0 Å². The summed E-state index contributed by atoms with van der Waals surface area (Å²) in [6.07, 6.45) is 56.5. The van der Waals surface area contributed by atoms with E-state index in [2.05, 4.69) is 112 Å². The van der Waals surface area contributed by atoms with Gasteiger partial charge in [-0.1, -0.05) is 372 Å². The average molecular weight is 1610 g/mol. The summed E-state index contributed by atoms with van der Waals surface area (Å²) >= 11 is 0. The van der Waals surface area contributed by atoms with Crippen LogP contribution in [0.2, 0.25) is 0 Å². The minimum atomic E-state index is 0.379. The minimum absolute atomic E-state index is 0.379. The van der Waals surface area contributed by atoms with Gasteiger partial charge in [-0.05, 0) is 74.9 Å². The topological polar surface area (TPSA) is 190 Å². The highest BCUT2D eigenvalue weighted by Gasteiger charge is 2.33. The number of rotatable bonds is 62. The third-order valence-corrected chi connectivity index (χ3v) is 23.5.